The van der Waals surface area contributed by atoms with Gasteiger partial charge < -0.3 is 15.0 Å². The number of hydrogen-bond acceptors (Lipinski definition) is 6. The van der Waals surface area contributed by atoms with E-state index in [0.717, 1.165) is 55.5 Å². The molecule has 1 aliphatic heterocycles. The zero-order valence-corrected chi connectivity index (χ0v) is 18.6. The van der Waals surface area contributed by atoms with Crippen LogP contribution in [-0.4, -0.2) is 46.4 Å². The third-order valence-electron chi connectivity index (χ3n) is 5.66. The van der Waals surface area contributed by atoms with Crippen molar-refractivity contribution in [1.29, 1.82) is 0 Å². The molecule has 0 atom stereocenters. The van der Waals surface area contributed by atoms with Crippen molar-refractivity contribution in [3.8, 4) is 0 Å². The molecule has 1 aliphatic rings. The Morgan fingerprint density at radius 2 is 1.75 bits per heavy atom. The van der Waals surface area contributed by atoms with E-state index in [4.69, 9.17) is 4.74 Å². The second-order valence-electron chi connectivity index (χ2n) is 8.00. The van der Waals surface area contributed by atoms with Gasteiger partial charge in [0.05, 0.1) is 23.4 Å². The largest absolute Gasteiger partial charge is 0.462 e. The number of ether oxygens (including phenoxy) is 1. The third kappa shape index (κ3) is 4.72. The minimum absolute atomic E-state index is 0.0208. The summed E-state index contributed by atoms with van der Waals surface area (Å²) in [4.78, 5) is 36.3. The molecular weight excluding hydrogens is 404 g/mol. The molecule has 3 heterocycles. The van der Waals surface area contributed by atoms with E-state index in [-0.39, 0.29) is 11.9 Å². The molecular formula is C25H28N4O3. The van der Waals surface area contributed by atoms with Crippen molar-refractivity contribution in [2.75, 3.05) is 25.0 Å². The van der Waals surface area contributed by atoms with Crippen LogP contribution in [0.3, 0.4) is 0 Å². The lowest BCUT2D eigenvalue weighted by molar-refractivity contribution is 0.0526. The van der Waals surface area contributed by atoms with Gasteiger partial charge >= 0.3 is 5.97 Å². The molecule has 1 N–H and O–H groups in total. The number of anilines is 2. The maximum atomic E-state index is 13.5. The van der Waals surface area contributed by atoms with E-state index in [1.807, 2.05) is 24.0 Å². The van der Waals surface area contributed by atoms with Crippen LogP contribution in [0.5, 0.6) is 0 Å². The number of pyridine rings is 2. The first kappa shape index (κ1) is 21.7. The van der Waals surface area contributed by atoms with Gasteiger partial charge in [0.25, 0.3) is 5.91 Å². The monoisotopic (exact) mass is 432 g/mol. The predicted octanol–water partition coefficient (Wildman–Crippen LogP) is 4.87. The Morgan fingerprint density at radius 3 is 2.44 bits per heavy atom. The van der Waals surface area contributed by atoms with Crippen LogP contribution in [0.4, 0.5) is 11.4 Å². The fourth-order valence-electron chi connectivity index (χ4n) is 3.96. The number of esters is 1. The van der Waals surface area contributed by atoms with E-state index in [0.29, 0.717) is 29.1 Å². The molecule has 0 aliphatic carbocycles. The maximum Gasteiger partial charge on any atom is 0.338 e. The van der Waals surface area contributed by atoms with Crippen LogP contribution in [-0.2, 0) is 4.74 Å². The highest BCUT2D eigenvalue weighted by molar-refractivity contribution is 6.07. The molecule has 32 heavy (non-hydrogen) atoms. The van der Waals surface area contributed by atoms with Crippen molar-refractivity contribution in [3.63, 3.8) is 0 Å². The van der Waals surface area contributed by atoms with Gasteiger partial charge in [0, 0.05) is 36.1 Å². The van der Waals surface area contributed by atoms with Crippen molar-refractivity contribution in [2.45, 2.75) is 39.5 Å². The molecule has 1 amide bonds. The second kappa shape index (κ2) is 9.77. The predicted molar refractivity (Wildman–Crippen MR) is 124 cm³/mol. The summed E-state index contributed by atoms with van der Waals surface area (Å²) in [5.41, 5.74) is 3.90. The number of carbonyl (C=O) groups excluding carboxylic acids is 2. The first-order valence-corrected chi connectivity index (χ1v) is 11.2. The summed E-state index contributed by atoms with van der Waals surface area (Å²) in [6, 6.07) is 10.9. The molecule has 1 aromatic carbocycles. The number of nitrogens with one attached hydrogen (secondary N) is 1. The number of hydrogen-bond donors (Lipinski definition) is 1. The normalized spacial score (nSPS) is 14.1. The third-order valence-corrected chi connectivity index (χ3v) is 5.66. The Hall–Kier alpha value is -3.48. The summed E-state index contributed by atoms with van der Waals surface area (Å²) >= 11 is 0. The topological polar surface area (TPSA) is 84.4 Å². The number of likely N-dealkylation sites (tertiary alicyclic amines) is 1. The van der Waals surface area contributed by atoms with E-state index in [1.165, 1.54) is 0 Å². The summed E-state index contributed by atoms with van der Waals surface area (Å²) in [5, 5.41) is 4.17. The van der Waals surface area contributed by atoms with Gasteiger partial charge in [-0.2, -0.15) is 0 Å². The van der Waals surface area contributed by atoms with Crippen LogP contribution in [0.15, 0.2) is 42.6 Å². The number of benzene rings is 1. The Balaban J connectivity index is 1.71. The number of carbonyl (C=O) groups is 2. The van der Waals surface area contributed by atoms with Crippen molar-refractivity contribution >= 4 is 34.3 Å². The average molecular weight is 433 g/mol. The van der Waals surface area contributed by atoms with Gasteiger partial charge in [-0.3, -0.25) is 4.79 Å². The van der Waals surface area contributed by atoms with Crippen molar-refractivity contribution in [1.82, 2.24) is 14.9 Å². The fraction of sp³-hybridized carbons (Fsp3) is 0.360. The smallest absolute Gasteiger partial charge is 0.338 e. The number of amides is 1. The van der Waals surface area contributed by atoms with E-state index < -0.39 is 0 Å². The fourth-order valence-corrected chi connectivity index (χ4v) is 3.96. The quantitative estimate of drug-likeness (QED) is 0.579. The highest BCUT2D eigenvalue weighted by Gasteiger charge is 2.23. The van der Waals surface area contributed by atoms with Gasteiger partial charge in [-0.15, -0.1) is 0 Å². The lowest BCUT2D eigenvalue weighted by atomic mass is 10.1. The zero-order chi connectivity index (χ0) is 22.5. The molecule has 3 aromatic rings. The van der Waals surface area contributed by atoms with Gasteiger partial charge in [-0.05, 0) is 63.1 Å². The molecule has 1 saturated heterocycles. The van der Waals surface area contributed by atoms with E-state index in [2.05, 4.69) is 15.3 Å². The second-order valence-corrected chi connectivity index (χ2v) is 8.00. The van der Waals surface area contributed by atoms with Gasteiger partial charge in [-0.25, -0.2) is 14.8 Å². The number of aryl methyl sites for hydroxylation is 1. The SMILES string of the molecule is CCOC(=O)c1ccc(Nc2c(C(=O)N3CCCCCC3)cnc3nc(C)ccc23)cc1. The number of rotatable bonds is 5. The number of aromatic nitrogens is 2. The summed E-state index contributed by atoms with van der Waals surface area (Å²) in [6.07, 6.45) is 5.97. The summed E-state index contributed by atoms with van der Waals surface area (Å²) in [6.45, 7) is 5.54. The van der Waals surface area contributed by atoms with Crippen LogP contribution < -0.4 is 5.32 Å². The van der Waals surface area contributed by atoms with Gasteiger partial charge in [-0.1, -0.05) is 12.8 Å². The van der Waals surface area contributed by atoms with E-state index >= 15 is 0 Å². The van der Waals surface area contributed by atoms with Crippen molar-refractivity contribution in [2.24, 2.45) is 0 Å². The van der Waals surface area contributed by atoms with Crippen molar-refractivity contribution in [3.05, 3.63) is 59.4 Å². The molecule has 1 fully saturated rings. The molecule has 0 saturated carbocycles. The Kier molecular flexibility index (Phi) is 6.63. The molecule has 7 nitrogen and oxygen atoms in total. The first-order valence-electron chi connectivity index (χ1n) is 11.2. The van der Waals surface area contributed by atoms with Gasteiger partial charge in [0.2, 0.25) is 0 Å². The lowest BCUT2D eigenvalue weighted by Gasteiger charge is -2.22. The summed E-state index contributed by atoms with van der Waals surface area (Å²) in [5.74, 6) is -0.377. The van der Waals surface area contributed by atoms with Crippen molar-refractivity contribution < 1.29 is 14.3 Å². The van der Waals surface area contributed by atoms with Crippen LogP contribution in [0.2, 0.25) is 0 Å². The molecule has 166 valence electrons. The van der Waals surface area contributed by atoms with Crippen LogP contribution in [0.25, 0.3) is 11.0 Å². The molecule has 0 radical (unpaired) electrons. The average Bonchev–Trinajstić information content (AvgIpc) is 3.09. The number of fused-ring (bicyclic) bond motifs is 1. The molecule has 2 aromatic heterocycles. The molecule has 7 heteroatoms. The molecule has 0 bridgehead atoms. The standard InChI is InChI=1S/C25H28N4O3/c1-3-32-25(31)18-9-11-19(12-10-18)28-22-20-13-8-17(2)27-23(20)26-16-21(22)24(30)29-14-6-4-5-7-15-29/h8-13,16H,3-7,14-15H2,1-2H3,(H,26,27,28). The van der Waals surface area contributed by atoms with Crippen LogP contribution >= 0.6 is 0 Å². The highest BCUT2D eigenvalue weighted by atomic mass is 16.5. The lowest BCUT2D eigenvalue weighted by Crippen LogP contribution is -2.32. The van der Waals surface area contributed by atoms with E-state index in [9.17, 15) is 9.59 Å². The molecule has 4 rings (SSSR count). The summed E-state index contributed by atoms with van der Waals surface area (Å²) < 4.78 is 5.06. The minimum atomic E-state index is -0.356. The first-order chi connectivity index (χ1) is 15.6. The zero-order valence-electron chi connectivity index (χ0n) is 18.6. The maximum absolute atomic E-state index is 13.5. The van der Waals surface area contributed by atoms with Gasteiger partial charge in [0.1, 0.15) is 0 Å². The van der Waals surface area contributed by atoms with Gasteiger partial charge in [0.15, 0.2) is 5.65 Å². The summed E-state index contributed by atoms with van der Waals surface area (Å²) in [7, 11) is 0. The van der Waals surface area contributed by atoms with Crippen LogP contribution in [0.1, 0.15) is 59.0 Å². The Bertz CT molecular complexity index is 1120. The Morgan fingerprint density at radius 1 is 1.03 bits per heavy atom. The highest BCUT2D eigenvalue weighted by Crippen LogP contribution is 2.30. The Labute approximate surface area is 187 Å². The number of nitrogens with zero attached hydrogens (tertiary/aromatic N) is 3. The molecule has 0 unspecified atom stereocenters. The van der Waals surface area contributed by atoms with E-state index in [1.54, 1.807) is 37.4 Å². The van der Waals surface area contributed by atoms with Crippen LogP contribution in [0, 0.1) is 6.92 Å². The molecule has 0 spiro atoms. The minimum Gasteiger partial charge on any atom is -0.462 e.